The van der Waals surface area contributed by atoms with Gasteiger partial charge in [-0.05, 0) is 25.8 Å². The lowest BCUT2D eigenvalue weighted by Crippen LogP contribution is -2.42. The molecule has 2 rings (SSSR count). The third-order valence-electron chi connectivity index (χ3n) is 3.26. The molecule has 0 spiro atoms. The summed E-state index contributed by atoms with van der Waals surface area (Å²) in [6.07, 6.45) is 2.07. The molecule has 0 aromatic heterocycles. The van der Waals surface area contributed by atoms with E-state index < -0.39 is 4.92 Å². The Morgan fingerprint density at radius 1 is 1.58 bits per heavy atom. The zero-order valence-electron chi connectivity index (χ0n) is 11.0. The summed E-state index contributed by atoms with van der Waals surface area (Å²) in [4.78, 5) is 12.7. The average Bonchev–Trinajstić information content (AvgIpc) is 2.39. The van der Waals surface area contributed by atoms with Gasteiger partial charge >= 0.3 is 5.69 Å². The van der Waals surface area contributed by atoms with E-state index in [0.29, 0.717) is 12.4 Å². The Labute approximate surface area is 112 Å². The van der Waals surface area contributed by atoms with Gasteiger partial charge in [-0.2, -0.15) is 0 Å². The molecule has 1 aliphatic rings. The van der Waals surface area contributed by atoms with Crippen molar-refractivity contribution in [3.05, 3.63) is 28.3 Å². The van der Waals surface area contributed by atoms with Gasteiger partial charge in [0.25, 0.3) is 0 Å². The van der Waals surface area contributed by atoms with Gasteiger partial charge in [0.15, 0.2) is 5.75 Å². The van der Waals surface area contributed by atoms with Gasteiger partial charge in [0.05, 0.1) is 11.5 Å². The van der Waals surface area contributed by atoms with Crippen LogP contribution in [0.25, 0.3) is 0 Å². The predicted octanol–water partition coefficient (Wildman–Crippen LogP) is 1.92. The van der Waals surface area contributed by atoms with Crippen molar-refractivity contribution in [3.63, 3.8) is 0 Å². The molecule has 19 heavy (non-hydrogen) atoms. The molecule has 6 nitrogen and oxygen atoms in total. The van der Waals surface area contributed by atoms with E-state index in [0.717, 1.165) is 31.6 Å². The smallest absolute Gasteiger partial charge is 0.311 e. The third kappa shape index (κ3) is 3.14. The van der Waals surface area contributed by atoms with E-state index in [1.165, 1.54) is 6.07 Å². The van der Waals surface area contributed by atoms with Gasteiger partial charge in [-0.25, -0.2) is 0 Å². The Balaban J connectivity index is 2.26. The fourth-order valence-electron chi connectivity index (χ4n) is 2.37. The second-order valence-electron chi connectivity index (χ2n) is 4.69. The standard InChI is InChI=1S/C13H19N3O3/c1-2-19-13-8-11(5-6-12(13)16(17)18)15-7-3-4-10(14)9-15/h5-6,8,10H,2-4,7,9,14H2,1H3. The minimum atomic E-state index is -0.420. The maximum atomic E-state index is 10.9. The maximum Gasteiger partial charge on any atom is 0.311 e. The second-order valence-corrected chi connectivity index (χ2v) is 4.69. The molecule has 0 bridgehead atoms. The van der Waals surface area contributed by atoms with Crippen molar-refractivity contribution < 1.29 is 9.66 Å². The van der Waals surface area contributed by atoms with Gasteiger partial charge in [0.1, 0.15) is 0 Å². The summed E-state index contributed by atoms with van der Waals surface area (Å²) < 4.78 is 5.36. The van der Waals surface area contributed by atoms with Crippen molar-refractivity contribution in [1.82, 2.24) is 0 Å². The van der Waals surface area contributed by atoms with Gasteiger partial charge in [-0.15, -0.1) is 0 Å². The zero-order chi connectivity index (χ0) is 13.8. The molecule has 0 aliphatic carbocycles. The number of benzene rings is 1. The summed E-state index contributed by atoms with van der Waals surface area (Å²) >= 11 is 0. The van der Waals surface area contributed by atoms with Crippen molar-refractivity contribution in [2.24, 2.45) is 5.73 Å². The molecule has 2 N–H and O–H groups in total. The Morgan fingerprint density at radius 2 is 2.37 bits per heavy atom. The first-order chi connectivity index (χ1) is 9.11. The number of hydrogen-bond acceptors (Lipinski definition) is 5. The van der Waals surface area contributed by atoms with Gasteiger partial charge in [-0.3, -0.25) is 10.1 Å². The predicted molar refractivity (Wildman–Crippen MR) is 73.7 cm³/mol. The molecule has 1 atom stereocenters. The Kier molecular flexibility index (Phi) is 4.21. The van der Waals surface area contributed by atoms with Crippen LogP contribution in [-0.2, 0) is 0 Å². The molecular weight excluding hydrogens is 246 g/mol. The van der Waals surface area contributed by atoms with Crippen molar-refractivity contribution in [3.8, 4) is 5.75 Å². The Bertz CT molecular complexity index is 464. The number of nitrogens with two attached hydrogens (primary N) is 1. The van der Waals surface area contributed by atoms with Crippen LogP contribution < -0.4 is 15.4 Å². The van der Waals surface area contributed by atoms with E-state index in [1.54, 1.807) is 12.1 Å². The monoisotopic (exact) mass is 265 g/mol. The van der Waals surface area contributed by atoms with Gasteiger partial charge in [0, 0.05) is 37.0 Å². The molecule has 104 valence electrons. The molecule has 0 saturated carbocycles. The summed E-state index contributed by atoms with van der Waals surface area (Å²) in [6.45, 7) is 3.93. The van der Waals surface area contributed by atoms with Crippen LogP contribution in [0.5, 0.6) is 5.75 Å². The normalized spacial score (nSPS) is 19.3. The molecule has 1 aromatic rings. The number of anilines is 1. The SMILES string of the molecule is CCOc1cc(N2CCCC(N)C2)ccc1[N+](=O)[O-]. The summed E-state index contributed by atoms with van der Waals surface area (Å²) in [7, 11) is 0. The number of nitro groups is 1. The van der Waals surface area contributed by atoms with E-state index in [1.807, 2.05) is 6.92 Å². The van der Waals surface area contributed by atoms with Crippen molar-refractivity contribution in [1.29, 1.82) is 0 Å². The van der Waals surface area contributed by atoms with E-state index in [-0.39, 0.29) is 11.7 Å². The van der Waals surface area contributed by atoms with Crippen LogP contribution in [-0.4, -0.2) is 30.7 Å². The molecule has 1 unspecified atom stereocenters. The summed E-state index contributed by atoms with van der Waals surface area (Å²) in [5.41, 5.74) is 6.90. The minimum Gasteiger partial charge on any atom is -0.487 e. The van der Waals surface area contributed by atoms with Gasteiger partial charge in [-0.1, -0.05) is 0 Å². The van der Waals surface area contributed by atoms with Crippen LogP contribution in [0, 0.1) is 10.1 Å². The molecule has 0 radical (unpaired) electrons. The lowest BCUT2D eigenvalue weighted by Gasteiger charge is -2.32. The third-order valence-corrected chi connectivity index (χ3v) is 3.26. The van der Waals surface area contributed by atoms with Crippen molar-refractivity contribution in [2.45, 2.75) is 25.8 Å². The lowest BCUT2D eigenvalue weighted by molar-refractivity contribution is -0.385. The molecule has 1 heterocycles. The molecule has 1 aromatic carbocycles. The first kappa shape index (κ1) is 13.6. The van der Waals surface area contributed by atoms with Crippen LogP contribution in [0.1, 0.15) is 19.8 Å². The van der Waals surface area contributed by atoms with Crippen LogP contribution in [0.2, 0.25) is 0 Å². The highest BCUT2D eigenvalue weighted by atomic mass is 16.6. The van der Waals surface area contributed by atoms with E-state index >= 15 is 0 Å². The zero-order valence-corrected chi connectivity index (χ0v) is 11.0. The minimum absolute atomic E-state index is 0.00640. The summed E-state index contributed by atoms with van der Waals surface area (Å²) in [6, 6.07) is 5.17. The second kappa shape index (κ2) is 5.88. The number of hydrogen-bond donors (Lipinski definition) is 1. The van der Waals surface area contributed by atoms with Crippen LogP contribution in [0.15, 0.2) is 18.2 Å². The van der Waals surface area contributed by atoms with Crippen LogP contribution >= 0.6 is 0 Å². The average molecular weight is 265 g/mol. The fourth-order valence-corrected chi connectivity index (χ4v) is 2.37. The van der Waals surface area contributed by atoms with E-state index in [2.05, 4.69) is 4.90 Å². The summed E-state index contributed by atoms with van der Waals surface area (Å²) in [5.74, 6) is 0.323. The van der Waals surface area contributed by atoms with Crippen molar-refractivity contribution in [2.75, 3.05) is 24.6 Å². The maximum absolute atomic E-state index is 10.9. The first-order valence-electron chi connectivity index (χ1n) is 6.53. The quantitative estimate of drug-likeness (QED) is 0.664. The fraction of sp³-hybridized carbons (Fsp3) is 0.538. The molecule has 1 fully saturated rings. The number of piperidine rings is 1. The van der Waals surface area contributed by atoms with E-state index in [4.69, 9.17) is 10.5 Å². The summed E-state index contributed by atoms with van der Waals surface area (Å²) in [5, 5.41) is 10.9. The first-order valence-corrected chi connectivity index (χ1v) is 6.53. The number of rotatable bonds is 4. The lowest BCUT2D eigenvalue weighted by atomic mass is 10.1. The molecule has 1 saturated heterocycles. The highest BCUT2D eigenvalue weighted by molar-refractivity contribution is 5.59. The number of ether oxygens (including phenoxy) is 1. The van der Waals surface area contributed by atoms with Crippen LogP contribution in [0.3, 0.4) is 0 Å². The molecule has 6 heteroatoms. The van der Waals surface area contributed by atoms with Crippen LogP contribution in [0.4, 0.5) is 11.4 Å². The molecule has 0 amide bonds. The topological polar surface area (TPSA) is 81.6 Å². The van der Waals surface area contributed by atoms with Gasteiger partial charge in [0.2, 0.25) is 0 Å². The van der Waals surface area contributed by atoms with Gasteiger partial charge < -0.3 is 15.4 Å². The highest BCUT2D eigenvalue weighted by Gasteiger charge is 2.21. The largest absolute Gasteiger partial charge is 0.487 e. The van der Waals surface area contributed by atoms with Crippen molar-refractivity contribution >= 4 is 11.4 Å². The molecule has 1 aliphatic heterocycles. The molecular formula is C13H19N3O3. The highest BCUT2D eigenvalue weighted by Crippen LogP contribution is 2.32. The number of nitro benzene ring substituents is 1. The Hall–Kier alpha value is -1.82. The number of nitrogens with zero attached hydrogens (tertiary/aromatic N) is 2. The van der Waals surface area contributed by atoms with E-state index in [9.17, 15) is 10.1 Å². The Morgan fingerprint density at radius 3 is 3.00 bits per heavy atom.